The number of unbranched alkanes of at least 4 members (excludes halogenated alkanes) is 3. The molecule has 0 unspecified atom stereocenters. The number of amides is 1. The van der Waals surface area contributed by atoms with E-state index in [0.29, 0.717) is 0 Å². The topological polar surface area (TPSA) is 29.1 Å². The first kappa shape index (κ1) is 14.2. The van der Waals surface area contributed by atoms with Crippen molar-refractivity contribution in [2.45, 2.75) is 39.5 Å². The molecule has 0 spiro atoms. The summed E-state index contributed by atoms with van der Waals surface area (Å²) in [6, 6.07) is 5.67. The van der Waals surface area contributed by atoms with Gasteiger partial charge in [-0.1, -0.05) is 42.1 Å². The zero-order valence-corrected chi connectivity index (χ0v) is 12.1. The molecule has 2 nitrogen and oxygen atoms in total. The monoisotopic (exact) mass is 297 g/mol. The van der Waals surface area contributed by atoms with Crippen LogP contribution in [0.3, 0.4) is 0 Å². The van der Waals surface area contributed by atoms with Gasteiger partial charge in [-0.15, -0.1) is 0 Å². The summed E-state index contributed by atoms with van der Waals surface area (Å²) in [5.74, 6) is 0.0251. The second-order valence-electron chi connectivity index (χ2n) is 4.28. The maximum Gasteiger partial charge on any atom is 0.251 e. The van der Waals surface area contributed by atoms with Crippen molar-refractivity contribution in [2.24, 2.45) is 0 Å². The van der Waals surface area contributed by atoms with E-state index in [4.69, 9.17) is 0 Å². The van der Waals surface area contributed by atoms with E-state index in [1.807, 2.05) is 25.1 Å². The number of hydrogen-bond acceptors (Lipinski definition) is 1. The Morgan fingerprint density at radius 3 is 2.71 bits per heavy atom. The van der Waals surface area contributed by atoms with Crippen molar-refractivity contribution < 1.29 is 4.79 Å². The second-order valence-corrected chi connectivity index (χ2v) is 5.13. The van der Waals surface area contributed by atoms with Crippen molar-refractivity contribution in [3.8, 4) is 0 Å². The standard InChI is InChI=1S/C14H20BrNO/c1-3-4-5-6-9-16-14(17)12-7-8-13(15)11(2)10-12/h7-8,10H,3-6,9H2,1-2H3,(H,16,17). The average Bonchev–Trinajstić information content (AvgIpc) is 2.32. The Hall–Kier alpha value is -0.830. The smallest absolute Gasteiger partial charge is 0.251 e. The summed E-state index contributed by atoms with van der Waals surface area (Å²) in [5.41, 5.74) is 1.82. The molecule has 0 aliphatic rings. The van der Waals surface area contributed by atoms with Gasteiger partial charge in [0.25, 0.3) is 5.91 Å². The largest absolute Gasteiger partial charge is 0.352 e. The summed E-state index contributed by atoms with van der Waals surface area (Å²) in [6.45, 7) is 4.94. The number of aryl methyl sites for hydroxylation is 1. The molecule has 3 heteroatoms. The number of carbonyl (C=O) groups is 1. The lowest BCUT2D eigenvalue weighted by Gasteiger charge is -2.06. The number of halogens is 1. The maximum absolute atomic E-state index is 11.8. The Bertz CT molecular complexity index is 376. The summed E-state index contributed by atoms with van der Waals surface area (Å²) in [7, 11) is 0. The molecule has 1 N–H and O–H groups in total. The number of hydrogen-bond donors (Lipinski definition) is 1. The van der Waals surface area contributed by atoms with Crippen LogP contribution in [0.1, 0.15) is 48.5 Å². The van der Waals surface area contributed by atoms with Crippen molar-refractivity contribution in [1.29, 1.82) is 0 Å². The van der Waals surface area contributed by atoms with Crippen LogP contribution in [-0.2, 0) is 0 Å². The van der Waals surface area contributed by atoms with Gasteiger partial charge >= 0.3 is 0 Å². The predicted octanol–water partition coefficient (Wildman–Crippen LogP) is 4.07. The quantitative estimate of drug-likeness (QED) is 0.788. The molecule has 94 valence electrons. The van der Waals surface area contributed by atoms with Crippen LogP contribution >= 0.6 is 15.9 Å². The molecular weight excluding hydrogens is 278 g/mol. The molecule has 0 heterocycles. The first-order chi connectivity index (χ1) is 8.15. The Kier molecular flexibility index (Phi) is 6.27. The molecule has 1 rings (SSSR count). The number of nitrogens with one attached hydrogen (secondary N) is 1. The first-order valence-electron chi connectivity index (χ1n) is 6.19. The summed E-state index contributed by atoms with van der Waals surface area (Å²) in [5, 5.41) is 2.95. The van der Waals surface area contributed by atoms with Crippen molar-refractivity contribution in [3.63, 3.8) is 0 Å². The summed E-state index contributed by atoms with van der Waals surface area (Å²) < 4.78 is 1.04. The summed E-state index contributed by atoms with van der Waals surface area (Å²) in [4.78, 5) is 11.8. The fourth-order valence-electron chi connectivity index (χ4n) is 1.64. The average molecular weight is 298 g/mol. The van der Waals surface area contributed by atoms with Crippen molar-refractivity contribution >= 4 is 21.8 Å². The van der Waals surface area contributed by atoms with Crippen LogP contribution in [0.5, 0.6) is 0 Å². The van der Waals surface area contributed by atoms with Crippen LogP contribution in [-0.4, -0.2) is 12.5 Å². The van der Waals surface area contributed by atoms with Crippen molar-refractivity contribution in [3.05, 3.63) is 33.8 Å². The zero-order valence-electron chi connectivity index (χ0n) is 10.6. The van der Waals surface area contributed by atoms with Gasteiger partial charge in [-0.05, 0) is 37.1 Å². The third kappa shape index (κ3) is 4.90. The van der Waals surface area contributed by atoms with Gasteiger partial charge in [-0.3, -0.25) is 4.79 Å². The van der Waals surface area contributed by atoms with E-state index in [1.54, 1.807) is 0 Å². The third-order valence-corrected chi connectivity index (χ3v) is 3.63. The number of rotatable bonds is 6. The van der Waals surface area contributed by atoms with E-state index in [-0.39, 0.29) is 5.91 Å². The van der Waals surface area contributed by atoms with Crippen LogP contribution < -0.4 is 5.32 Å². The van der Waals surface area contributed by atoms with Crippen LogP contribution in [0.2, 0.25) is 0 Å². The molecule has 1 aromatic carbocycles. The van der Waals surface area contributed by atoms with Crippen LogP contribution in [0.4, 0.5) is 0 Å². The van der Waals surface area contributed by atoms with Gasteiger partial charge in [0.05, 0.1) is 0 Å². The molecule has 0 atom stereocenters. The lowest BCUT2D eigenvalue weighted by Crippen LogP contribution is -2.24. The van der Waals surface area contributed by atoms with Gasteiger partial charge in [0, 0.05) is 16.6 Å². The Morgan fingerprint density at radius 1 is 1.29 bits per heavy atom. The normalized spacial score (nSPS) is 10.3. The molecule has 0 aliphatic heterocycles. The highest BCUT2D eigenvalue weighted by Crippen LogP contribution is 2.16. The maximum atomic E-state index is 11.8. The van der Waals surface area contributed by atoms with E-state index in [9.17, 15) is 4.79 Å². The van der Waals surface area contributed by atoms with Gasteiger partial charge < -0.3 is 5.32 Å². The highest BCUT2D eigenvalue weighted by atomic mass is 79.9. The zero-order chi connectivity index (χ0) is 12.7. The van der Waals surface area contributed by atoms with Gasteiger partial charge in [-0.2, -0.15) is 0 Å². The van der Waals surface area contributed by atoms with Gasteiger partial charge in [0.1, 0.15) is 0 Å². The van der Waals surface area contributed by atoms with Crippen LogP contribution in [0, 0.1) is 6.92 Å². The highest BCUT2D eigenvalue weighted by Gasteiger charge is 2.05. The molecule has 1 amide bonds. The number of carbonyl (C=O) groups excluding carboxylic acids is 1. The Morgan fingerprint density at radius 2 is 2.06 bits per heavy atom. The minimum absolute atomic E-state index is 0.0251. The fraction of sp³-hybridized carbons (Fsp3) is 0.500. The van der Waals surface area contributed by atoms with Gasteiger partial charge in [-0.25, -0.2) is 0 Å². The predicted molar refractivity (Wildman–Crippen MR) is 75.4 cm³/mol. The molecule has 0 bridgehead atoms. The van der Waals surface area contributed by atoms with Crippen molar-refractivity contribution in [1.82, 2.24) is 5.32 Å². The molecule has 0 radical (unpaired) electrons. The molecular formula is C14H20BrNO. The van der Waals surface area contributed by atoms with Crippen molar-refractivity contribution in [2.75, 3.05) is 6.54 Å². The molecule has 1 aromatic rings. The molecule has 0 aliphatic carbocycles. The van der Waals surface area contributed by atoms with Crippen LogP contribution in [0.25, 0.3) is 0 Å². The molecule has 0 saturated carbocycles. The molecule has 0 aromatic heterocycles. The van der Waals surface area contributed by atoms with Gasteiger partial charge in [0.15, 0.2) is 0 Å². The lowest BCUT2D eigenvalue weighted by atomic mass is 10.1. The SMILES string of the molecule is CCCCCCNC(=O)c1ccc(Br)c(C)c1. The molecule has 17 heavy (non-hydrogen) atoms. The second kappa shape index (κ2) is 7.49. The van der Waals surface area contributed by atoms with E-state index < -0.39 is 0 Å². The molecule has 0 saturated heterocycles. The minimum Gasteiger partial charge on any atom is -0.352 e. The summed E-state index contributed by atoms with van der Waals surface area (Å²) in [6.07, 6.45) is 4.72. The summed E-state index contributed by atoms with van der Waals surface area (Å²) >= 11 is 3.43. The minimum atomic E-state index is 0.0251. The highest BCUT2D eigenvalue weighted by molar-refractivity contribution is 9.10. The van der Waals surface area contributed by atoms with E-state index in [2.05, 4.69) is 28.2 Å². The van der Waals surface area contributed by atoms with E-state index in [1.165, 1.54) is 19.3 Å². The fourth-order valence-corrected chi connectivity index (χ4v) is 1.89. The Balaban J connectivity index is 2.39. The molecule has 0 fully saturated rings. The first-order valence-corrected chi connectivity index (χ1v) is 6.98. The lowest BCUT2D eigenvalue weighted by molar-refractivity contribution is 0.0953. The number of benzene rings is 1. The van der Waals surface area contributed by atoms with E-state index in [0.717, 1.165) is 28.6 Å². The van der Waals surface area contributed by atoms with E-state index >= 15 is 0 Å². The van der Waals surface area contributed by atoms with Gasteiger partial charge in [0.2, 0.25) is 0 Å². The Labute approximate surface area is 112 Å². The van der Waals surface area contributed by atoms with Crippen LogP contribution in [0.15, 0.2) is 22.7 Å². The third-order valence-electron chi connectivity index (χ3n) is 2.74.